The van der Waals surface area contributed by atoms with Crippen LogP contribution in [0.1, 0.15) is 47.2 Å². The van der Waals surface area contributed by atoms with Gasteiger partial charge in [-0.1, -0.05) is 196 Å². The molecule has 0 N–H and O–H groups in total. The fourth-order valence-corrected chi connectivity index (χ4v) is 11.4. The maximum absolute atomic E-state index is 6.80. The van der Waals surface area contributed by atoms with E-state index in [1.807, 2.05) is 0 Å². The first kappa shape index (κ1) is 36.7. The Hall–Kier alpha value is -7.94. The fourth-order valence-electron chi connectivity index (χ4n) is 11.4. The second-order valence-corrected chi connectivity index (χ2v) is 18.0. The molecule has 0 aliphatic heterocycles. The molecule has 0 unspecified atom stereocenters. The van der Waals surface area contributed by atoms with Crippen LogP contribution in [0.15, 0.2) is 229 Å². The van der Waals surface area contributed by atoms with Crippen LogP contribution in [0.2, 0.25) is 0 Å². The second kappa shape index (κ2) is 13.8. The molecule has 2 nitrogen and oxygen atoms in total. The minimum absolute atomic E-state index is 0.0869. The molecule has 0 bridgehead atoms. The molecule has 1 heterocycles. The molecule has 2 aliphatic rings. The minimum Gasteiger partial charge on any atom is -0.455 e. The van der Waals surface area contributed by atoms with E-state index in [4.69, 9.17) is 4.42 Å². The lowest BCUT2D eigenvalue weighted by molar-refractivity contribution is 0.660. The zero-order chi connectivity index (χ0) is 42.6. The van der Waals surface area contributed by atoms with Gasteiger partial charge in [0.05, 0.1) is 5.41 Å². The summed E-state index contributed by atoms with van der Waals surface area (Å²) in [5, 5.41) is 4.59. The Morgan fingerprint density at radius 1 is 0.344 bits per heavy atom. The van der Waals surface area contributed by atoms with E-state index in [-0.39, 0.29) is 5.41 Å². The maximum Gasteiger partial charge on any atom is 0.143 e. The molecule has 302 valence electrons. The van der Waals surface area contributed by atoms with Gasteiger partial charge >= 0.3 is 0 Å². The quantitative estimate of drug-likeness (QED) is 0.166. The lowest BCUT2D eigenvalue weighted by atomic mass is 9.68. The number of benzene rings is 10. The summed E-state index contributed by atoms with van der Waals surface area (Å²) in [5.74, 6) is 0. The number of rotatable bonds is 6. The molecule has 64 heavy (non-hydrogen) atoms. The van der Waals surface area contributed by atoms with E-state index in [1.165, 1.54) is 61.0 Å². The van der Waals surface area contributed by atoms with Gasteiger partial charge in [-0.3, -0.25) is 0 Å². The molecule has 0 spiro atoms. The largest absolute Gasteiger partial charge is 0.455 e. The second-order valence-electron chi connectivity index (χ2n) is 18.0. The van der Waals surface area contributed by atoms with E-state index in [9.17, 15) is 0 Å². The van der Waals surface area contributed by atoms with Gasteiger partial charge < -0.3 is 9.32 Å². The van der Waals surface area contributed by atoms with Crippen LogP contribution in [0.3, 0.4) is 0 Å². The molecule has 0 atom stereocenters. The van der Waals surface area contributed by atoms with Crippen molar-refractivity contribution in [3.05, 3.63) is 258 Å². The summed E-state index contributed by atoms with van der Waals surface area (Å²) in [6.07, 6.45) is 0. The van der Waals surface area contributed by atoms with E-state index < -0.39 is 5.41 Å². The third kappa shape index (κ3) is 5.14. The summed E-state index contributed by atoms with van der Waals surface area (Å²) >= 11 is 0. The molecule has 0 radical (unpaired) electrons. The number of hydrogen-bond acceptors (Lipinski definition) is 2. The lowest BCUT2D eigenvalue weighted by Gasteiger charge is -2.34. The van der Waals surface area contributed by atoms with Gasteiger partial charge in [0.2, 0.25) is 0 Å². The highest BCUT2D eigenvalue weighted by Gasteiger charge is 2.46. The maximum atomic E-state index is 6.80. The Kier molecular flexibility index (Phi) is 7.90. The first-order valence-corrected chi connectivity index (χ1v) is 22.3. The molecule has 0 saturated heterocycles. The fraction of sp³-hybridized carbons (Fsp3) is 0.0645. The van der Waals surface area contributed by atoms with E-state index >= 15 is 0 Å². The first-order valence-electron chi connectivity index (χ1n) is 22.3. The van der Waals surface area contributed by atoms with E-state index in [1.54, 1.807) is 0 Å². The van der Waals surface area contributed by atoms with Crippen LogP contribution in [0, 0.1) is 0 Å². The van der Waals surface area contributed by atoms with Crippen LogP contribution in [-0.2, 0) is 10.8 Å². The van der Waals surface area contributed by atoms with Crippen LogP contribution >= 0.6 is 0 Å². The normalized spacial score (nSPS) is 14.0. The van der Waals surface area contributed by atoms with E-state index in [0.29, 0.717) is 0 Å². The molecular formula is C62H43NO. The molecule has 1 aromatic heterocycles. The van der Waals surface area contributed by atoms with E-state index in [2.05, 4.69) is 243 Å². The van der Waals surface area contributed by atoms with Crippen LogP contribution in [-0.4, -0.2) is 0 Å². The molecule has 0 amide bonds. The van der Waals surface area contributed by atoms with Gasteiger partial charge in [0.15, 0.2) is 0 Å². The number of anilines is 3. The number of hydrogen-bond donors (Lipinski definition) is 0. The van der Waals surface area contributed by atoms with Crippen molar-refractivity contribution in [3.63, 3.8) is 0 Å². The van der Waals surface area contributed by atoms with E-state index in [0.717, 1.165) is 55.5 Å². The van der Waals surface area contributed by atoms with Gasteiger partial charge in [-0.25, -0.2) is 0 Å². The van der Waals surface area contributed by atoms with Crippen LogP contribution in [0.4, 0.5) is 17.1 Å². The van der Waals surface area contributed by atoms with Crippen molar-refractivity contribution in [1.29, 1.82) is 0 Å². The van der Waals surface area contributed by atoms with Gasteiger partial charge in [0.1, 0.15) is 11.2 Å². The number of furan rings is 1. The molecule has 11 aromatic rings. The van der Waals surface area contributed by atoms with Crippen LogP contribution in [0.5, 0.6) is 0 Å². The van der Waals surface area contributed by atoms with Gasteiger partial charge in [-0.05, 0) is 109 Å². The van der Waals surface area contributed by atoms with Crippen LogP contribution < -0.4 is 4.90 Å². The third-order valence-electron chi connectivity index (χ3n) is 14.4. The average Bonchev–Trinajstić information content (AvgIpc) is 3.96. The van der Waals surface area contributed by atoms with Crippen molar-refractivity contribution in [3.8, 4) is 33.4 Å². The zero-order valence-electron chi connectivity index (χ0n) is 35.7. The topological polar surface area (TPSA) is 16.4 Å². The smallest absolute Gasteiger partial charge is 0.143 e. The van der Waals surface area contributed by atoms with Crippen molar-refractivity contribution >= 4 is 49.8 Å². The van der Waals surface area contributed by atoms with Gasteiger partial charge in [0, 0.05) is 44.2 Å². The SMILES string of the molecule is CC1(C)c2ccccc2-c2cc(N(c3ccc(-c4cccc5c4oc4c6ccccc6ccc54)cc3)c3ccc4c(c3)-c3ccccc3C4(c3ccccc3)c3ccccc3)ccc21. The summed E-state index contributed by atoms with van der Waals surface area (Å²) in [6, 6.07) is 82.7. The van der Waals surface area contributed by atoms with Crippen molar-refractivity contribution in [2.75, 3.05) is 4.90 Å². The van der Waals surface area contributed by atoms with Crippen molar-refractivity contribution in [2.45, 2.75) is 24.7 Å². The highest BCUT2D eigenvalue weighted by Crippen LogP contribution is 2.58. The Bertz CT molecular complexity index is 3590. The summed E-state index contributed by atoms with van der Waals surface area (Å²) < 4.78 is 6.80. The number of para-hydroxylation sites is 1. The molecule has 2 heteroatoms. The molecule has 0 saturated carbocycles. The lowest BCUT2D eigenvalue weighted by Crippen LogP contribution is -2.28. The Balaban J connectivity index is 1.00. The Morgan fingerprint density at radius 3 is 1.56 bits per heavy atom. The van der Waals surface area contributed by atoms with Gasteiger partial charge in [-0.15, -0.1) is 0 Å². The number of fused-ring (bicyclic) bond motifs is 11. The average molecular weight is 818 g/mol. The minimum atomic E-state index is -0.466. The van der Waals surface area contributed by atoms with Crippen molar-refractivity contribution in [2.24, 2.45) is 0 Å². The predicted molar refractivity (Wildman–Crippen MR) is 266 cm³/mol. The standard InChI is InChI=1S/C62H43NO/c1-61(2)55-26-13-11-22-49(55)53-38-45(33-36-56(53)61)63(44-31-28-41(29-32-44)48-24-15-25-51-52-35-30-40-16-9-10-21-47(40)60(52)64-59(48)51)46-34-37-58-54(39-46)50-23-12-14-27-57(50)62(58,42-17-5-3-6-18-42)43-19-7-4-8-20-43/h3-39H,1-2H3. The van der Waals surface area contributed by atoms with Crippen LogP contribution in [0.25, 0.3) is 66.1 Å². The molecule has 0 fully saturated rings. The molecule has 2 aliphatic carbocycles. The molecule has 13 rings (SSSR count). The Labute approximate surface area is 373 Å². The monoisotopic (exact) mass is 817 g/mol. The third-order valence-corrected chi connectivity index (χ3v) is 14.4. The first-order chi connectivity index (χ1) is 31.5. The van der Waals surface area contributed by atoms with Gasteiger partial charge in [0.25, 0.3) is 0 Å². The summed E-state index contributed by atoms with van der Waals surface area (Å²) in [7, 11) is 0. The van der Waals surface area contributed by atoms with Crippen molar-refractivity contribution in [1.82, 2.24) is 0 Å². The molecular weight excluding hydrogens is 775 g/mol. The van der Waals surface area contributed by atoms with Gasteiger partial charge in [-0.2, -0.15) is 0 Å². The van der Waals surface area contributed by atoms with Crippen molar-refractivity contribution < 1.29 is 4.42 Å². The summed E-state index contributed by atoms with van der Waals surface area (Å²) in [5.41, 5.74) is 19.8. The zero-order valence-corrected chi connectivity index (χ0v) is 35.7. The number of nitrogens with zero attached hydrogens (tertiary/aromatic N) is 1. The summed E-state index contributed by atoms with van der Waals surface area (Å²) in [6.45, 7) is 4.70. The highest BCUT2D eigenvalue weighted by molar-refractivity contribution is 6.17. The Morgan fingerprint density at radius 2 is 0.844 bits per heavy atom. The summed E-state index contributed by atoms with van der Waals surface area (Å²) in [4.78, 5) is 2.44. The molecule has 10 aromatic carbocycles. The highest BCUT2D eigenvalue weighted by atomic mass is 16.3. The predicted octanol–water partition coefficient (Wildman–Crippen LogP) is 16.5.